The van der Waals surface area contributed by atoms with Crippen molar-refractivity contribution in [1.29, 1.82) is 0 Å². The van der Waals surface area contributed by atoms with E-state index in [0.717, 1.165) is 65.3 Å². The van der Waals surface area contributed by atoms with Crippen molar-refractivity contribution in [2.45, 2.75) is 70.5 Å². The van der Waals surface area contributed by atoms with Gasteiger partial charge in [0.25, 0.3) is 0 Å². The van der Waals surface area contributed by atoms with Crippen LogP contribution in [-0.4, -0.2) is 88.0 Å². The molecule has 2 fully saturated rings. The van der Waals surface area contributed by atoms with Crippen LogP contribution in [0, 0.1) is 0 Å². The fourth-order valence-corrected chi connectivity index (χ4v) is 6.93. The molecule has 3 aromatic rings. The minimum absolute atomic E-state index is 0.0276. The number of aliphatic imine (C=N–C) groups is 1. The highest BCUT2D eigenvalue weighted by Crippen LogP contribution is 2.33. The average Bonchev–Trinajstić information content (AvgIpc) is 3.90. The number of hydrogen-bond donors (Lipinski definition) is 4. The number of nitrogens with one attached hydrogen (secondary N) is 4. The number of nitrogens with zero attached hydrogens (tertiary/aromatic N) is 4. The van der Waals surface area contributed by atoms with Gasteiger partial charge in [0.05, 0.1) is 36.6 Å². The first kappa shape index (κ1) is 32.9. The maximum atomic E-state index is 12.8. The number of H-pyrrole nitrogens is 1. The Labute approximate surface area is 280 Å². The van der Waals surface area contributed by atoms with Crippen LogP contribution in [0.5, 0.6) is 0 Å². The largest absolute Gasteiger partial charge is 0.363 e. The van der Waals surface area contributed by atoms with Gasteiger partial charge in [0.1, 0.15) is 11.7 Å². The maximum Gasteiger partial charge on any atom is 0.224 e. The first-order valence-electron chi connectivity index (χ1n) is 16.9. The van der Waals surface area contributed by atoms with Gasteiger partial charge in [-0.25, -0.2) is 4.98 Å². The van der Waals surface area contributed by atoms with E-state index >= 15 is 0 Å². The number of amides is 4. The van der Waals surface area contributed by atoms with E-state index < -0.39 is 0 Å². The molecule has 3 aliphatic rings. The van der Waals surface area contributed by atoms with Gasteiger partial charge >= 0.3 is 0 Å². The number of benzene rings is 2. The Bertz CT molecular complexity index is 1670. The average molecular weight is 653 g/mol. The fraction of sp³-hybridized carbons (Fsp3) is 0.444. The van der Waals surface area contributed by atoms with Crippen molar-refractivity contribution in [3.05, 3.63) is 66.1 Å². The first-order valence-corrected chi connectivity index (χ1v) is 16.9. The van der Waals surface area contributed by atoms with E-state index in [4.69, 9.17) is 4.99 Å². The Balaban J connectivity index is 1.03. The molecule has 1 unspecified atom stereocenters. The van der Waals surface area contributed by atoms with E-state index in [9.17, 15) is 19.2 Å². The van der Waals surface area contributed by atoms with Gasteiger partial charge in [-0.1, -0.05) is 48.5 Å². The Morgan fingerprint density at radius 1 is 0.771 bits per heavy atom. The van der Waals surface area contributed by atoms with Crippen LogP contribution in [0.2, 0.25) is 0 Å². The molecule has 0 radical (unpaired) electrons. The number of carbonyl (C=O) groups excluding carboxylic acids is 4. The first-order chi connectivity index (χ1) is 23.3. The molecule has 1 aromatic heterocycles. The van der Waals surface area contributed by atoms with Crippen molar-refractivity contribution in [1.82, 2.24) is 35.7 Å². The summed E-state index contributed by atoms with van der Waals surface area (Å²) in [6.45, 7) is 5.64. The zero-order valence-corrected chi connectivity index (χ0v) is 27.6. The number of hydrogen-bond acceptors (Lipinski definition) is 7. The Morgan fingerprint density at radius 3 is 1.92 bits per heavy atom. The van der Waals surface area contributed by atoms with Crippen LogP contribution in [0.15, 0.2) is 59.7 Å². The van der Waals surface area contributed by atoms with Crippen LogP contribution in [0.3, 0.4) is 0 Å². The van der Waals surface area contributed by atoms with Crippen molar-refractivity contribution in [2.24, 2.45) is 4.99 Å². The monoisotopic (exact) mass is 652 g/mol. The third-order valence-electron chi connectivity index (χ3n) is 9.41. The molecule has 2 aromatic carbocycles. The number of imidazole rings is 1. The number of likely N-dealkylation sites (tertiary alicyclic amines) is 2. The molecular formula is C36H44N8O4. The van der Waals surface area contributed by atoms with Crippen LogP contribution in [-0.2, 0) is 19.2 Å². The fourth-order valence-electron chi connectivity index (χ4n) is 6.93. The number of amidine groups is 1. The van der Waals surface area contributed by atoms with Crippen molar-refractivity contribution in [3.63, 3.8) is 0 Å². The van der Waals surface area contributed by atoms with Gasteiger partial charge in [-0.05, 0) is 47.9 Å². The minimum Gasteiger partial charge on any atom is -0.363 e. The number of rotatable bonds is 11. The molecule has 48 heavy (non-hydrogen) atoms. The van der Waals surface area contributed by atoms with Crippen molar-refractivity contribution in [3.8, 4) is 22.4 Å². The second-order valence-electron chi connectivity index (χ2n) is 12.8. The third kappa shape index (κ3) is 7.58. The van der Waals surface area contributed by atoms with Crippen LogP contribution < -0.4 is 16.0 Å². The molecule has 4 heterocycles. The normalized spacial score (nSPS) is 20.4. The van der Waals surface area contributed by atoms with Crippen LogP contribution in [0.4, 0.5) is 0 Å². The van der Waals surface area contributed by atoms with Crippen molar-refractivity contribution >= 4 is 29.5 Å². The molecule has 0 aliphatic carbocycles. The topological polar surface area (TPSA) is 152 Å². The highest BCUT2D eigenvalue weighted by atomic mass is 16.2. The van der Waals surface area contributed by atoms with E-state index in [0.29, 0.717) is 39.1 Å². The summed E-state index contributed by atoms with van der Waals surface area (Å²) in [5.74, 6) is 1.48. The zero-order chi connectivity index (χ0) is 33.6. The predicted molar refractivity (Wildman–Crippen MR) is 183 cm³/mol. The molecule has 4 amide bonds. The highest BCUT2D eigenvalue weighted by Gasteiger charge is 2.35. The molecule has 0 spiro atoms. The van der Waals surface area contributed by atoms with Crippen molar-refractivity contribution < 1.29 is 19.2 Å². The predicted octanol–water partition coefficient (Wildman–Crippen LogP) is 3.49. The molecule has 2 saturated heterocycles. The standard InChI is InChI=1S/C36H44N8O4/c1-23(45)37-17-15-33(47)43-19-3-5-31(43)35-39-21-29(41-35)27-11-7-25(8-12-27)26-9-13-28(14-10-26)30-22-40-36(42-30)32-6-4-20-44(32)34(48)16-18-38-24(2)46/h7-14,21,30-32H,3-6,15-20,22H2,1-2H3,(H,37,45)(H,38,46)(H,39,41)(H,40,42)/t30?,31-,32-/m0/s1. The summed E-state index contributed by atoms with van der Waals surface area (Å²) >= 11 is 0. The van der Waals surface area contributed by atoms with Crippen LogP contribution in [0.25, 0.3) is 22.4 Å². The quantitative estimate of drug-likeness (QED) is 0.249. The summed E-state index contributed by atoms with van der Waals surface area (Å²) < 4.78 is 0. The lowest BCUT2D eigenvalue weighted by atomic mass is 9.99. The zero-order valence-electron chi connectivity index (χ0n) is 27.6. The van der Waals surface area contributed by atoms with Gasteiger partial charge in [-0.2, -0.15) is 0 Å². The van der Waals surface area contributed by atoms with E-state index in [2.05, 4.69) is 74.4 Å². The Hall–Kier alpha value is -5.00. The maximum absolute atomic E-state index is 12.8. The van der Waals surface area contributed by atoms with Gasteiger partial charge < -0.3 is 30.7 Å². The summed E-state index contributed by atoms with van der Waals surface area (Å²) in [6.07, 6.45) is 6.02. The highest BCUT2D eigenvalue weighted by molar-refractivity contribution is 5.93. The van der Waals surface area contributed by atoms with Gasteiger partial charge in [0.2, 0.25) is 23.6 Å². The summed E-state index contributed by atoms with van der Waals surface area (Å²) in [6, 6.07) is 16.8. The third-order valence-corrected chi connectivity index (χ3v) is 9.41. The van der Waals surface area contributed by atoms with Gasteiger partial charge in [-0.15, -0.1) is 0 Å². The van der Waals surface area contributed by atoms with Gasteiger partial charge in [-0.3, -0.25) is 24.2 Å². The van der Waals surface area contributed by atoms with E-state index in [1.807, 2.05) is 16.0 Å². The van der Waals surface area contributed by atoms with E-state index in [-0.39, 0.29) is 48.2 Å². The van der Waals surface area contributed by atoms with Gasteiger partial charge in [0, 0.05) is 52.9 Å². The summed E-state index contributed by atoms with van der Waals surface area (Å²) in [7, 11) is 0. The summed E-state index contributed by atoms with van der Waals surface area (Å²) in [4.78, 5) is 64.6. The molecule has 6 rings (SSSR count). The molecule has 0 saturated carbocycles. The van der Waals surface area contributed by atoms with Crippen LogP contribution >= 0.6 is 0 Å². The SMILES string of the molecule is CC(=O)NCCC(=O)N1CCC[C@H]1C1=NCC(c2ccc(-c3ccc(-c4cnc([C@@H]5CCCN5C(=O)CCNC(C)=O)[nH]4)cc3)cc2)N1. The lowest BCUT2D eigenvalue weighted by molar-refractivity contribution is -0.132. The lowest BCUT2D eigenvalue weighted by Gasteiger charge is -2.26. The lowest BCUT2D eigenvalue weighted by Crippen LogP contribution is -2.45. The number of aromatic amines is 1. The second kappa shape index (κ2) is 14.8. The molecule has 0 bridgehead atoms. The van der Waals surface area contributed by atoms with Gasteiger partial charge in [0.15, 0.2) is 0 Å². The smallest absolute Gasteiger partial charge is 0.224 e. The summed E-state index contributed by atoms with van der Waals surface area (Å²) in [5.41, 5.74) is 5.29. The molecular weight excluding hydrogens is 608 g/mol. The van der Waals surface area contributed by atoms with E-state index in [1.54, 1.807) is 0 Å². The number of carbonyl (C=O) groups is 4. The number of aromatic nitrogens is 2. The second-order valence-corrected chi connectivity index (χ2v) is 12.8. The Morgan fingerprint density at radius 2 is 1.31 bits per heavy atom. The molecule has 3 atom stereocenters. The Kier molecular flexibility index (Phi) is 10.2. The molecule has 12 nitrogen and oxygen atoms in total. The van der Waals surface area contributed by atoms with Crippen molar-refractivity contribution in [2.75, 3.05) is 32.7 Å². The molecule has 252 valence electrons. The van der Waals surface area contributed by atoms with E-state index in [1.165, 1.54) is 13.8 Å². The van der Waals surface area contributed by atoms with Crippen LogP contribution in [0.1, 0.15) is 75.8 Å². The molecule has 3 aliphatic heterocycles. The minimum atomic E-state index is -0.134. The molecule has 12 heteroatoms. The molecule has 4 N–H and O–H groups in total. The summed E-state index contributed by atoms with van der Waals surface area (Å²) in [5, 5.41) is 8.98.